The number of benzene rings is 1. The number of rotatable bonds is 16. The first-order valence-corrected chi connectivity index (χ1v) is 11.3. The van der Waals surface area contributed by atoms with Gasteiger partial charge in [0.1, 0.15) is 6.04 Å². The van der Waals surface area contributed by atoms with Crippen molar-refractivity contribution >= 4 is 12.1 Å². The Hall–Kier alpha value is -2.04. The van der Waals surface area contributed by atoms with Crippen molar-refractivity contribution in [3.05, 3.63) is 35.9 Å². The number of hydrogen-bond acceptors (Lipinski definition) is 4. The average molecular weight is 406 g/mol. The van der Waals surface area contributed by atoms with Crippen LogP contribution in [0.15, 0.2) is 30.3 Å². The molecule has 0 bridgehead atoms. The van der Waals surface area contributed by atoms with E-state index in [1.807, 2.05) is 37.3 Å². The van der Waals surface area contributed by atoms with Crippen LogP contribution < -0.4 is 5.32 Å². The van der Waals surface area contributed by atoms with Gasteiger partial charge >= 0.3 is 12.1 Å². The van der Waals surface area contributed by atoms with Crippen molar-refractivity contribution in [3.63, 3.8) is 0 Å². The van der Waals surface area contributed by atoms with Gasteiger partial charge in [0.05, 0.1) is 13.2 Å². The molecule has 0 radical (unpaired) electrons. The number of ether oxygens (including phenoxy) is 2. The van der Waals surface area contributed by atoms with E-state index >= 15 is 0 Å². The van der Waals surface area contributed by atoms with E-state index in [9.17, 15) is 9.59 Å². The summed E-state index contributed by atoms with van der Waals surface area (Å²) < 4.78 is 10.6. The Morgan fingerprint density at radius 3 is 2.03 bits per heavy atom. The van der Waals surface area contributed by atoms with Gasteiger partial charge in [-0.1, -0.05) is 95.5 Å². The lowest BCUT2D eigenvalue weighted by atomic mass is 10.1. The Bertz CT molecular complexity index is 547. The Balaban J connectivity index is 2.37. The third-order valence-corrected chi connectivity index (χ3v) is 4.83. The summed E-state index contributed by atoms with van der Waals surface area (Å²) in [5.74, 6) is -0.399. The molecule has 5 heteroatoms. The molecule has 1 unspecified atom stereocenters. The molecule has 0 saturated carbocycles. The van der Waals surface area contributed by atoms with E-state index < -0.39 is 18.1 Å². The molecule has 0 aliphatic carbocycles. The zero-order valence-corrected chi connectivity index (χ0v) is 18.3. The fourth-order valence-corrected chi connectivity index (χ4v) is 3.05. The molecular weight excluding hydrogens is 366 g/mol. The van der Waals surface area contributed by atoms with Gasteiger partial charge in [0.2, 0.25) is 0 Å². The van der Waals surface area contributed by atoms with E-state index in [0.717, 1.165) is 31.2 Å². The topological polar surface area (TPSA) is 64.6 Å². The van der Waals surface area contributed by atoms with Crippen LogP contribution in [-0.2, 0) is 20.7 Å². The Kier molecular flexibility index (Phi) is 14.5. The highest BCUT2D eigenvalue weighted by Gasteiger charge is 2.23. The minimum atomic E-state index is -0.736. The molecule has 1 aromatic rings. The van der Waals surface area contributed by atoms with E-state index in [1.165, 1.54) is 38.5 Å². The highest BCUT2D eigenvalue weighted by molar-refractivity contribution is 5.81. The first-order valence-electron chi connectivity index (χ1n) is 11.3. The van der Waals surface area contributed by atoms with Gasteiger partial charge in [-0.15, -0.1) is 0 Å². The van der Waals surface area contributed by atoms with Crippen molar-refractivity contribution < 1.29 is 19.1 Å². The summed E-state index contributed by atoms with van der Waals surface area (Å²) in [4.78, 5) is 24.5. The lowest BCUT2D eigenvalue weighted by Gasteiger charge is -2.18. The predicted molar refractivity (Wildman–Crippen MR) is 117 cm³/mol. The maximum Gasteiger partial charge on any atom is 0.407 e. The number of alkyl carbamates (subject to hydrolysis) is 1. The highest BCUT2D eigenvalue weighted by Crippen LogP contribution is 2.09. The number of unbranched alkanes of at least 4 members (excludes halogenated alkanes) is 8. The van der Waals surface area contributed by atoms with Crippen molar-refractivity contribution in [2.75, 3.05) is 13.2 Å². The molecule has 1 rings (SSSR count). The largest absolute Gasteiger partial charge is 0.464 e. The quantitative estimate of drug-likeness (QED) is 0.278. The van der Waals surface area contributed by atoms with Gasteiger partial charge < -0.3 is 14.8 Å². The first kappa shape index (κ1) is 25.0. The van der Waals surface area contributed by atoms with Crippen LogP contribution in [0.2, 0.25) is 0 Å². The maximum absolute atomic E-state index is 12.5. The normalized spacial score (nSPS) is 11.7. The fraction of sp³-hybridized carbons (Fsp3) is 0.667. The van der Waals surface area contributed by atoms with Crippen LogP contribution in [0, 0.1) is 0 Å². The molecule has 0 heterocycles. The summed E-state index contributed by atoms with van der Waals surface area (Å²) in [5.41, 5.74) is 0.968. The smallest absolute Gasteiger partial charge is 0.407 e. The molecule has 164 valence electrons. The molecule has 1 atom stereocenters. The SMILES string of the molecule is CCCCCCCCCCOC(=O)C(Cc1ccccc1)NC(=O)OCCCC. The van der Waals surface area contributed by atoms with E-state index in [0.29, 0.717) is 19.6 Å². The molecule has 1 aromatic carbocycles. The van der Waals surface area contributed by atoms with E-state index in [1.54, 1.807) is 0 Å². The number of amides is 1. The van der Waals surface area contributed by atoms with Gasteiger partial charge in [-0.3, -0.25) is 0 Å². The molecule has 0 aromatic heterocycles. The van der Waals surface area contributed by atoms with Crippen LogP contribution in [0.25, 0.3) is 0 Å². The van der Waals surface area contributed by atoms with Gasteiger partial charge in [-0.2, -0.15) is 0 Å². The Labute approximate surface area is 176 Å². The molecule has 1 N–H and O–H groups in total. The van der Waals surface area contributed by atoms with Crippen LogP contribution >= 0.6 is 0 Å². The van der Waals surface area contributed by atoms with E-state index in [-0.39, 0.29) is 0 Å². The van der Waals surface area contributed by atoms with Gasteiger partial charge in [-0.25, -0.2) is 9.59 Å². The Morgan fingerprint density at radius 1 is 0.793 bits per heavy atom. The second kappa shape index (κ2) is 16.9. The van der Waals surface area contributed by atoms with Crippen LogP contribution in [0.5, 0.6) is 0 Å². The number of hydrogen-bond donors (Lipinski definition) is 1. The van der Waals surface area contributed by atoms with Crippen molar-refractivity contribution in [3.8, 4) is 0 Å². The molecule has 0 saturated heterocycles. The fourth-order valence-electron chi connectivity index (χ4n) is 3.05. The highest BCUT2D eigenvalue weighted by atomic mass is 16.6. The van der Waals surface area contributed by atoms with Crippen molar-refractivity contribution in [1.29, 1.82) is 0 Å². The molecule has 0 aliphatic rings. The molecule has 0 fully saturated rings. The summed E-state index contributed by atoms with van der Waals surface area (Å²) in [6.07, 6.45) is 11.1. The van der Waals surface area contributed by atoms with Crippen LogP contribution in [0.1, 0.15) is 83.6 Å². The first-order chi connectivity index (χ1) is 14.2. The van der Waals surface area contributed by atoms with E-state index in [2.05, 4.69) is 12.2 Å². The van der Waals surface area contributed by atoms with E-state index in [4.69, 9.17) is 9.47 Å². The molecule has 1 amide bonds. The second-order valence-corrected chi connectivity index (χ2v) is 7.52. The van der Waals surface area contributed by atoms with Gasteiger partial charge in [0.15, 0.2) is 0 Å². The standard InChI is InChI=1S/C24H39NO4/c1-3-5-7-8-9-10-11-15-19-28-23(26)22(20-21-16-13-12-14-17-21)25-24(27)29-18-6-4-2/h12-14,16-17,22H,3-11,15,18-20H2,1-2H3,(H,25,27). The summed E-state index contributed by atoms with van der Waals surface area (Å²) in [6.45, 7) is 5.00. The zero-order valence-electron chi connectivity index (χ0n) is 18.3. The summed E-state index contributed by atoms with van der Waals surface area (Å²) in [5, 5.41) is 2.67. The monoisotopic (exact) mass is 405 g/mol. The molecule has 0 aliphatic heterocycles. The number of carbonyl (C=O) groups excluding carboxylic acids is 2. The van der Waals surface area contributed by atoms with Gasteiger partial charge in [0, 0.05) is 6.42 Å². The minimum absolute atomic E-state index is 0.355. The number of carbonyl (C=O) groups is 2. The zero-order chi connectivity index (χ0) is 21.2. The van der Waals surface area contributed by atoms with Crippen LogP contribution in [0.3, 0.4) is 0 Å². The average Bonchev–Trinajstić information content (AvgIpc) is 2.73. The Morgan fingerprint density at radius 2 is 1.38 bits per heavy atom. The summed E-state index contributed by atoms with van der Waals surface area (Å²) in [7, 11) is 0. The number of esters is 1. The maximum atomic E-state index is 12.5. The molecule has 0 spiro atoms. The predicted octanol–water partition coefficient (Wildman–Crippen LogP) is 5.81. The molecular formula is C24H39NO4. The third-order valence-electron chi connectivity index (χ3n) is 4.83. The van der Waals surface area contributed by atoms with Gasteiger partial charge in [-0.05, 0) is 18.4 Å². The van der Waals surface area contributed by atoms with Crippen LogP contribution in [0.4, 0.5) is 4.79 Å². The lowest BCUT2D eigenvalue weighted by Crippen LogP contribution is -2.43. The van der Waals surface area contributed by atoms with Crippen LogP contribution in [-0.4, -0.2) is 31.3 Å². The second-order valence-electron chi connectivity index (χ2n) is 7.52. The number of nitrogens with one attached hydrogen (secondary N) is 1. The lowest BCUT2D eigenvalue weighted by molar-refractivity contribution is -0.146. The van der Waals surface area contributed by atoms with Gasteiger partial charge in [0.25, 0.3) is 0 Å². The minimum Gasteiger partial charge on any atom is -0.464 e. The summed E-state index contributed by atoms with van der Waals surface area (Å²) in [6, 6.07) is 8.88. The molecule has 5 nitrogen and oxygen atoms in total. The molecule has 29 heavy (non-hydrogen) atoms. The summed E-state index contributed by atoms with van der Waals surface area (Å²) >= 11 is 0. The van der Waals surface area contributed by atoms with Crippen molar-refractivity contribution in [2.24, 2.45) is 0 Å². The van der Waals surface area contributed by atoms with Crippen molar-refractivity contribution in [1.82, 2.24) is 5.32 Å². The third kappa shape index (κ3) is 12.9. The van der Waals surface area contributed by atoms with Crippen molar-refractivity contribution in [2.45, 2.75) is 90.5 Å².